The summed E-state index contributed by atoms with van der Waals surface area (Å²) in [4.78, 5) is 87.9. The van der Waals surface area contributed by atoms with E-state index in [-0.39, 0.29) is 97.0 Å². The van der Waals surface area contributed by atoms with Gasteiger partial charge in [-0.3, -0.25) is 28.8 Å². The largest absolute Gasteiger partial charge is 0.464 e. The molecule has 16 nitrogen and oxygen atoms in total. The zero-order valence-corrected chi connectivity index (χ0v) is 52.5. The van der Waals surface area contributed by atoms with Crippen LogP contribution in [0.1, 0.15) is 281 Å². The van der Waals surface area contributed by atoms with E-state index in [9.17, 15) is 33.6 Å². The van der Waals surface area contributed by atoms with Crippen LogP contribution >= 0.6 is 0 Å². The average molecular weight is 1120 g/mol. The molecule has 2 unspecified atom stereocenters. The van der Waals surface area contributed by atoms with Crippen molar-refractivity contribution in [3.05, 3.63) is 0 Å². The molecule has 0 fully saturated rings. The molecule has 0 radical (unpaired) electrons. The quantitative estimate of drug-likeness (QED) is 0.0262. The van der Waals surface area contributed by atoms with Gasteiger partial charge in [-0.1, -0.05) is 223 Å². The lowest BCUT2D eigenvalue weighted by molar-refractivity contribution is -0.164. The Balaban J connectivity index is -0.000000671. The Morgan fingerprint density at radius 1 is 0.385 bits per heavy atom. The zero-order valence-electron chi connectivity index (χ0n) is 52.5. The minimum absolute atomic E-state index is 0.0776. The number of nitrogens with zero attached hydrogens (tertiary/aromatic N) is 2. The van der Waals surface area contributed by atoms with Crippen molar-refractivity contribution < 1.29 is 62.0 Å². The van der Waals surface area contributed by atoms with Gasteiger partial charge in [0.1, 0.15) is 26.4 Å². The lowest BCUT2D eigenvalue weighted by Gasteiger charge is -2.24. The molecule has 78 heavy (non-hydrogen) atoms. The van der Waals surface area contributed by atoms with E-state index in [2.05, 4.69) is 46.9 Å². The highest BCUT2D eigenvalue weighted by Gasteiger charge is 2.21. The van der Waals surface area contributed by atoms with Gasteiger partial charge < -0.3 is 43.5 Å². The smallest absolute Gasteiger partial charge is 0.317 e. The molecule has 0 saturated carbocycles. The van der Waals surface area contributed by atoms with Gasteiger partial charge in [0.15, 0.2) is 12.2 Å². The Labute approximate surface area is 478 Å². The zero-order chi connectivity index (χ0) is 59.6. The van der Waals surface area contributed by atoms with E-state index < -0.39 is 36.1 Å². The first-order valence-electron chi connectivity index (χ1n) is 31.4. The normalized spacial score (nSPS) is 11.0. The van der Waals surface area contributed by atoms with Gasteiger partial charge in [-0.2, -0.15) is 0 Å². The van der Waals surface area contributed by atoms with Gasteiger partial charge in [0.05, 0.1) is 0 Å². The lowest BCUT2D eigenvalue weighted by Crippen LogP contribution is -2.42. The number of carbonyl (C=O) groups excluding carboxylic acids is 7. The highest BCUT2D eigenvalue weighted by molar-refractivity contribution is 5.75. The minimum Gasteiger partial charge on any atom is -0.464 e. The van der Waals surface area contributed by atoms with Crippen LogP contribution in [0.5, 0.6) is 0 Å². The van der Waals surface area contributed by atoms with E-state index in [1.807, 2.05) is 46.7 Å². The van der Waals surface area contributed by atoms with Crippen LogP contribution in [0.3, 0.4) is 0 Å². The third-order valence-electron chi connectivity index (χ3n) is 12.0. The van der Waals surface area contributed by atoms with Crippen molar-refractivity contribution in [2.45, 2.75) is 293 Å². The number of nitrogens with one attached hydrogen (secondary N) is 1. The molecule has 0 aliphatic rings. The van der Waals surface area contributed by atoms with E-state index in [1.165, 1.54) is 94.8 Å². The van der Waals surface area contributed by atoms with Gasteiger partial charge >= 0.3 is 29.9 Å². The van der Waals surface area contributed by atoms with Gasteiger partial charge in [0.2, 0.25) is 0 Å². The number of amides is 2. The number of rotatable bonds is 50. The van der Waals surface area contributed by atoms with Crippen molar-refractivity contribution in [3.63, 3.8) is 0 Å². The van der Waals surface area contributed by atoms with E-state index in [0.29, 0.717) is 25.8 Å². The summed E-state index contributed by atoms with van der Waals surface area (Å²) in [5.74, 6) is -2.09. The third-order valence-corrected chi connectivity index (χ3v) is 12.0. The Bertz CT molecular complexity index is 1210. The number of ether oxygens (including phenoxy) is 6. The molecule has 0 aromatic carbocycles. The summed E-state index contributed by atoms with van der Waals surface area (Å²) in [6.07, 6.45) is 31.7. The summed E-state index contributed by atoms with van der Waals surface area (Å²) in [6.45, 7) is 22.2. The molecule has 0 aromatic rings. The van der Waals surface area contributed by atoms with Gasteiger partial charge in [-0.15, -0.1) is 0 Å². The van der Waals surface area contributed by atoms with Crippen molar-refractivity contribution in [3.8, 4) is 0 Å². The second-order valence-corrected chi connectivity index (χ2v) is 19.6. The Morgan fingerprint density at radius 2 is 0.679 bits per heavy atom. The SMILES string of the molecule is CC.CC.CCCCCCCCC.CCCCCCCCC.CCCCCCCCC(=O)OCC(COC=O)OC(=O)CCCN(CCCC(=O)OC(COC=O)COC(=O)CCCCCCCC)C(=O)NCCCN(C)C. The molecule has 1 N–H and O–H groups in total. The molecule has 0 heterocycles. The second kappa shape index (κ2) is 71.1. The second-order valence-electron chi connectivity index (χ2n) is 19.6. The average Bonchev–Trinajstić information content (AvgIpc) is 3.44. The number of carbonyl (C=O) groups is 7. The highest BCUT2D eigenvalue weighted by Crippen LogP contribution is 2.12. The van der Waals surface area contributed by atoms with Gasteiger partial charge in [-0.25, -0.2) is 4.79 Å². The fraction of sp³-hybridized carbons (Fsp3) is 0.887. The topological polar surface area (TPSA) is 193 Å². The Morgan fingerprint density at radius 3 is 0.974 bits per heavy atom. The molecule has 0 aromatic heterocycles. The van der Waals surface area contributed by atoms with Crippen LogP contribution in [-0.2, 0) is 57.2 Å². The van der Waals surface area contributed by atoms with E-state index in [1.54, 1.807) is 0 Å². The lowest BCUT2D eigenvalue weighted by atomic mass is 10.1. The van der Waals surface area contributed by atoms with Gasteiger partial charge in [-0.05, 0) is 52.7 Å². The first kappa shape index (κ1) is 82.9. The van der Waals surface area contributed by atoms with Gasteiger partial charge in [0, 0.05) is 45.3 Å². The van der Waals surface area contributed by atoms with Crippen LogP contribution in [0.15, 0.2) is 0 Å². The first-order chi connectivity index (χ1) is 37.9. The fourth-order valence-electron chi connectivity index (χ4n) is 7.54. The fourth-order valence-corrected chi connectivity index (χ4v) is 7.54. The van der Waals surface area contributed by atoms with Crippen molar-refractivity contribution in [1.82, 2.24) is 15.1 Å². The molecule has 0 rings (SSSR count). The molecule has 16 heteroatoms. The summed E-state index contributed by atoms with van der Waals surface area (Å²) >= 11 is 0. The summed E-state index contributed by atoms with van der Waals surface area (Å²) in [7, 11) is 3.86. The van der Waals surface area contributed by atoms with Crippen LogP contribution in [0.4, 0.5) is 4.79 Å². The Hall–Kier alpha value is -3.95. The van der Waals surface area contributed by atoms with Crippen LogP contribution in [-0.4, -0.2) is 132 Å². The molecular weight excluding hydrogens is 995 g/mol. The first-order valence-corrected chi connectivity index (χ1v) is 31.4. The number of hydrogen-bond acceptors (Lipinski definition) is 14. The molecule has 0 saturated heterocycles. The maximum atomic E-state index is 13.1. The maximum absolute atomic E-state index is 13.1. The minimum atomic E-state index is -0.979. The molecule has 0 aliphatic carbocycles. The predicted octanol–water partition coefficient (Wildman–Crippen LogP) is 14.8. The van der Waals surface area contributed by atoms with Crippen LogP contribution in [0, 0.1) is 0 Å². The summed E-state index contributed by atoms with van der Waals surface area (Å²) < 4.78 is 30.9. The monoisotopic (exact) mass is 1120 g/mol. The van der Waals surface area contributed by atoms with Gasteiger partial charge in [0.25, 0.3) is 12.9 Å². The number of urea groups is 1. The summed E-state index contributed by atoms with van der Waals surface area (Å²) in [5.41, 5.74) is 0. The van der Waals surface area contributed by atoms with Crippen molar-refractivity contribution in [2.24, 2.45) is 0 Å². The van der Waals surface area contributed by atoms with Crippen LogP contribution < -0.4 is 5.32 Å². The standard InChI is InChI=1S/C40H71N3O13.2C9H20.2C2H6/c1-5-7-9-11-13-15-20-36(46)53-30-34(28-51-32-44)55-38(48)22-17-26-43(40(50)41-24-19-25-42(3)4)27-18-23-39(49)56-35(29-52-33-45)31-54-37(47)21-16-14-12-10-8-6-2;2*1-3-5-7-9-8-6-4-2;2*1-2/h32-35H,5-31H2,1-4H3,(H,41,50);2*3-9H2,1-2H3;2*1-2H3. The van der Waals surface area contributed by atoms with Crippen molar-refractivity contribution >= 4 is 42.9 Å². The number of esters is 4. The highest BCUT2D eigenvalue weighted by atomic mass is 16.6. The summed E-state index contributed by atoms with van der Waals surface area (Å²) in [5, 5.41) is 2.87. The van der Waals surface area contributed by atoms with E-state index >= 15 is 0 Å². The molecule has 0 aliphatic heterocycles. The molecule has 2 amide bonds. The van der Waals surface area contributed by atoms with Crippen LogP contribution in [0.25, 0.3) is 0 Å². The molecule has 2 atom stereocenters. The van der Waals surface area contributed by atoms with Crippen molar-refractivity contribution in [1.29, 1.82) is 0 Å². The molecular formula is C62H123N3O13. The van der Waals surface area contributed by atoms with Crippen molar-refractivity contribution in [2.75, 3.05) is 66.7 Å². The molecule has 0 bridgehead atoms. The maximum Gasteiger partial charge on any atom is 0.317 e. The van der Waals surface area contributed by atoms with E-state index in [4.69, 9.17) is 28.4 Å². The predicted molar refractivity (Wildman–Crippen MR) is 318 cm³/mol. The van der Waals surface area contributed by atoms with Crippen LogP contribution in [0.2, 0.25) is 0 Å². The summed E-state index contributed by atoms with van der Waals surface area (Å²) in [6, 6.07) is -0.366. The molecule has 464 valence electrons. The number of hydrogen-bond donors (Lipinski definition) is 1. The number of unbranched alkanes of at least 4 members (excludes halogenated alkanes) is 22. The molecule has 0 spiro atoms. The van der Waals surface area contributed by atoms with E-state index in [0.717, 1.165) is 70.8 Å². The third kappa shape index (κ3) is 68.2. The Kier molecular flexibility index (Phi) is 75.5.